The van der Waals surface area contributed by atoms with E-state index >= 15 is 0 Å². The average molecular weight is 540 g/mol. The molecule has 0 radical (unpaired) electrons. The van der Waals surface area contributed by atoms with Crippen LogP contribution in [0.4, 0.5) is 17.6 Å². The van der Waals surface area contributed by atoms with Gasteiger partial charge in [-0.15, -0.1) is 13.2 Å². The first-order valence-corrected chi connectivity index (χ1v) is 12.7. The first-order valence-electron chi connectivity index (χ1n) is 12.4. The van der Waals surface area contributed by atoms with E-state index in [0.29, 0.717) is 17.3 Å². The standard InChI is InChI=1S/C27H30ClF4N3O2/c1-18(34-16-14-20(15-17-34)5-3-4-19-6-8-21(29)9-7-19)25-24(28)26(36)35(33(25)2)22-10-12-23(13-11-22)37-27(30,31)32/h6-13,18,20H,3-5,14-17H2,1-2H3. The summed E-state index contributed by atoms with van der Waals surface area (Å²) >= 11 is 6.49. The summed E-state index contributed by atoms with van der Waals surface area (Å²) in [5.74, 6) is 0.0376. The molecule has 0 saturated carbocycles. The van der Waals surface area contributed by atoms with Crippen molar-refractivity contribution >= 4 is 11.6 Å². The van der Waals surface area contributed by atoms with Gasteiger partial charge in [-0.05, 0) is 93.6 Å². The topological polar surface area (TPSA) is 39.4 Å². The van der Waals surface area contributed by atoms with E-state index in [-0.39, 0.29) is 22.6 Å². The lowest BCUT2D eigenvalue weighted by Crippen LogP contribution is -2.36. The molecule has 1 aliphatic rings. The highest BCUT2D eigenvalue weighted by atomic mass is 35.5. The number of aryl methyl sites for hydroxylation is 1. The molecule has 37 heavy (non-hydrogen) atoms. The van der Waals surface area contributed by atoms with E-state index in [0.717, 1.165) is 50.8 Å². The summed E-state index contributed by atoms with van der Waals surface area (Å²) in [6.07, 6.45) is 0.406. The zero-order valence-corrected chi connectivity index (χ0v) is 21.5. The molecule has 0 aliphatic carbocycles. The maximum atomic E-state index is 13.1. The summed E-state index contributed by atoms with van der Waals surface area (Å²) < 4.78 is 57.4. The maximum absolute atomic E-state index is 13.1. The van der Waals surface area contributed by atoms with Crippen molar-refractivity contribution in [2.24, 2.45) is 13.0 Å². The van der Waals surface area contributed by atoms with Gasteiger partial charge in [0.15, 0.2) is 0 Å². The van der Waals surface area contributed by atoms with Crippen LogP contribution in [0.3, 0.4) is 0 Å². The molecule has 1 aromatic heterocycles. The number of ether oxygens (including phenoxy) is 1. The molecule has 1 unspecified atom stereocenters. The fraction of sp³-hybridized carbons (Fsp3) is 0.444. The quantitative estimate of drug-likeness (QED) is 0.300. The fourth-order valence-electron chi connectivity index (χ4n) is 5.17. The van der Waals surface area contributed by atoms with Gasteiger partial charge in [0, 0.05) is 7.05 Å². The molecule has 0 amide bonds. The van der Waals surface area contributed by atoms with Crippen LogP contribution in [0.5, 0.6) is 5.75 Å². The summed E-state index contributed by atoms with van der Waals surface area (Å²) in [6.45, 7) is 3.77. The number of rotatable bonds is 8. The molecule has 4 rings (SSSR count). The highest BCUT2D eigenvalue weighted by Crippen LogP contribution is 2.32. The third-order valence-electron chi connectivity index (χ3n) is 7.15. The molecular weight excluding hydrogens is 510 g/mol. The molecule has 0 bridgehead atoms. The minimum absolute atomic E-state index is 0.104. The first-order chi connectivity index (χ1) is 17.5. The minimum Gasteiger partial charge on any atom is -0.406 e. The average Bonchev–Trinajstić information content (AvgIpc) is 3.08. The smallest absolute Gasteiger partial charge is 0.406 e. The molecule has 10 heteroatoms. The Labute approximate surface area is 218 Å². The zero-order chi connectivity index (χ0) is 26.7. The van der Waals surface area contributed by atoms with Crippen molar-refractivity contribution in [2.45, 2.75) is 51.4 Å². The van der Waals surface area contributed by atoms with E-state index in [2.05, 4.69) is 9.64 Å². The van der Waals surface area contributed by atoms with E-state index in [4.69, 9.17) is 11.6 Å². The Hall–Kier alpha value is -2.78. The number of halogens is 5. The monoisotopic (exact) mass is 539 g/mol. The van der Waals surface area contributed by atoms with Gasteiger partial charge in [-0.2, -0.15) is 0 Å². The molecule has 200 valence electrons. The van der Waals surface area contributed by atoms with Crippen LogP contribution in [-0.4, -0.2) is 33.7 Å². The highest BCUT2D eigenvalue weighted by Gasteiger charge is 2.31. The van der Waals surface area contributed by atoms with Gasteiger partial charge in [0.25, 0.3) is 5.56 Å². The van der Waals surface area contributed by atoms with Crippen LogP contribution in [0.25, 0.3) is 5.69 Å². The van der Waals surface area contributed by atoms with E-state index in [9.17, 15) is 22.4 Å². The number of aromatic nitrogens is 2. The fourth-order valence-corrected chi connectivity index (χ4v) is 5.53. The first kappa shape index (κ1) is 27.3. The Morgan fingerprint density at radius 2 is 1.68 bits per heavy atom. The maximum Gasteiger partial charge on any atom is 0.573 e. The Balaban J connectivity index is 1.38. The van der Waals surface area contributed by atoms with E-state index in [1.54, 1.807) is 11.7 Å². The van der Waals surface area contributed by atoms with Gasteiger partial charge in [0.05, 0.1) is 17.4 Å². The number of benzene rings is 2. The summed E-state index contributed by atoms with van der Waals surface area (Å²) in [4.78, 5) is 15.3. The lowest BCUT2D eigenvalue weighted by Gasteiger charge is -2.36. The molecule has 1 aliphatic heterocycles. The van der Waals surface area contributed by atoms with E-state index < -0.39 is 11.9 Å². The van der Waals surface area contributed by atoms with E-state index in [1.807, 2.05) is 19.1 Å². The molecule has 2 aromatic carbocycles. The number of likely N-dealkylation sites (tertiary alicyclic amines) is 1. The predicted octanol–water partition coefficient (Wildman–Crippen LogP) is 6.66. The van der Waals surface area contributed by atoms with Crippen LogP contribution in [0.2, 0.25) is 5.02 Å². The summed E-state index contributed by atoms with van der Waals surface area (Å²) in [5, 5.41) is 0.104. The van der Waals surface area contributed by atoms with E-state index in [1.165, 1.54) is 41.1 Å². The van der Waals surface area contributed by atoms with Gasteiger partial charge in [0.2, 0.25) is 0 Å². The number of hydrogen-bond donors (Lipinski definition) is 0. The molecule has 0 spiro atoms. The van der Waals surface area contributed by atoms with Crippen molar-refractivity contribution in [2.75, 3.05) is 13.1 Å². The zero-order valence-electron chi connectivity index (χ0n) is 20.8. The van der Waals surface area contributed by atoms with Gasteiger partial charge in [-0.3, -0.25) is 14.4 Å². The van der Waals surface area contributed by atoms with Crippen LogP contribution in [-0.2, 0) is 13.5 Å². The number of hydrogen-bond acceptors (Lipinski definition) is 3. The van der Waals surface area contributed by atoms with Crippen LogP contribution >= 0.6 is 11.6 Å². The summed E-state index contributed by atoms with van der Waals surface area (Å²) in [5.41, 5.74) is 1.78. The molecule has 1 atom stereocenters. The SMILES string of the molecule is CC(c1c(Cl)c(=O)n(-c2ccc(OC(F)(F)F)cc2)n1C)N1CCC(CCCc2ccc(F)cc2)CC1. The van der Waals surface area contributed by atoms with Gasteiger partial charge in [-0.1, -0.05) is 30.2 Å². The summed E-state index contributed by atoms with van der Waals surface area (Å²) in [6, 6.07) is 11.7. The Kier molecular flexibility index (Phi) is 8.33. The molecule has 1 fully saturated rings. The Bertz CT molecular complexity index is 1240. The summed E-state index contributed by atoms with van der Waals surface area (Å²) in [7, 11) is 1.72. The largest absolute Gasteiger partial charge is 0.573 e. The lowest BCUT2D eigenvalue weighted by molar-refractivity contribution is -0.274. The van der Waals surface area contributed by atoms with Crippen molar-refractivity contribution in [3.8, 4) is 11.4 Å². The molecule has 2 heterocycles. The molecule has 3 aromatic rings. The van der Waals surface area contributed by atoms with Crippen molar-refractivity contribution in [1.29, 1.82) is 0 Å². The molecule has 1 saturated heterocycles. The predicted molar refractivity (Wildman–Crippen MR) is 135 cm³/mol. The van der Waals surface area contributed by atoms with Crippen molar-refractivity contribution < 1.29 is 22.3 Å². The van der Waals surface area contributed by atoms with Gasteiger partial charge < -0.3 is 4.74 Å². The van der Waals surface area contributed by atoms with Crippen LogP contribution in [0, 0.1) is 11.7 Å². The Morgan fingerprint density at radius 1 is 1.05 bits per heavy atom. The number of alkyl halides is 3. The highest BCUT2D eigenvalue weighted by molar-refractivity contribution is 6.31. The second-order valence-corrected chi connectivity index (χ2v) is 9.93. The van der Waals surface area contributed by atoms with Crippen molar-refractivity contribution in [1.82, 2.24) is 14.3 Å². The van der Waals surface area contributed by atoms with Crippen LogP contribution in [0.15, 0.2) is 53.3 Å². The molecule has 0 N–H and O–H groups in total. The minimum atomic E-state index is -4.79. The van der Waals surface area contributed by atoms with Crippen LogP contribution in [0.1, 0.15) is 49.9 Å². The van der Waals surface area contributed by atoms with Gasteiger partial charge in [-0.25, -0.2) is 9.07 Å². The van der Waals surface area contributed by atoms with Crippen molar-refractivity contribution in [3.05, 3.63) is 81.0 Å². The Morgan fingerprint density at radius 3 is 2.27 bits per heavy atom. The number of piperidine rings is 1. The third-order valence-corrected chi connectivity index (χ3v) is 7.51. The number of nitrogens with zero attached hydrogens (tertiary/aromatic N) is 3. The van der Waals surface area contributed by atoms with Crippen molar-refractivity contribution in [3.63, 3.8) is 0 Å². The molecule has 5 nitrogen and oxygen atoms in total. The molecular formula is C27H30ClF4N3O2. The van der Waals surface area contributed by atoms with Gasteiger partial charge in [0.1, 0.15) is 16.6 Å². The van der Waals surface area contributed by atoms with Gasteiger partial charge >= 0.3 is 6.36 Å². The third kappa shape index (κ3) is 6.57. The van der Waals surface area contributed by atoms with Crippen LogP contribution < -0.4 is 10.3 Å². The normalized spacial score (nSPS) is 16.2. The second-order valence-electron chi connectivity index (χ2n) is 9.56. The second kappa shape index (κ2) is 11.3. The lowest BCUT2D eigenvalue weighted by atomic mass is 9.90.